The van der Waals surface area contributed by atoms with Crippen LogP contribution >= 0.6 is 0 Å². The van der Waals surface area contributed by atoms with Crippen molar-refractivity contribution in [2.45, 2.75) is 51.9 Å². The smallest absolute Gasteiger partial charge is 0.225 e. The molecule has 2 rings (SSSR count). The Morgan fingerprint density at radius 1 is 1.11 bits per heavy atom. The van der Waals surface area contributed by atoms with Gasteiger partial charge in [-0.25, -0.2) is 0 Å². The molecule has 1 saturated heterocycles. The first-order chi connectivity index (χ1) is 9.16. The number of nitrogens with zero attached hydrogens (tertiary/aromatic N) is 1. The van der Waals surface area contributed by atoms with E-state index in [1.807, 2.05) is 11.9 Å². The van der Waals surface area contributed by atoms with Crippen molar-refractivity contribution >= 4 is 5.91 Å². The maximum Gasteiger partial charge on any atom is 0.225 e. The first kappa shape index (κ1) is 14.8. The summed E-state index contributed by atoms with van der Waals surface area (Å²) in [5.74, 6) is 2.36. The number of hydrogen-bond donors (Lipinski definition) is 1. The molecule has 3 nitrogen and oxygen atoms in total. The fourth-order valence-corrected chi connectivity index (χ4v) is 3.48. The molecule has 0 atom stereocenters. The van der Waals surface area contributed by atoms with Crippen LogP contribution in [0, 0.1) is 17.8 Å². The van der Waals surface area contributed by atoms with Gasteiger partial charge in [-0.3, -0.25) is 4.79 Å². The van der Waals surface area contributed by atoms with Gasteiger partial charge in [-0.2, -0.15) is 0 Å². The predicted molar refractivity (Wildman–Crippen MR) is 79.0 cm³/mol. The van der Waals surface area contributed by atoms with Gasteiger partial charge in [0.2, 0.25) is 5.91 Å². The van der Waals surface area contributed by atoms with Crippen LogP contribution in [-0.4, -0.2) is 37.5 Å². The molecule has 3 heteroatoms. The van der Waals surface area contributed by atoms with Crippen molar-refractivity contribution in [3.05, 3.63) is 0 Å². The quantitative estimate of drug-likeness (QED) is 0.848. The Hall–Kier alpha value is -0.570. The summed E-state index contributed by atoms with van der Waals surface area (Å²) in [5.41, 5.74) is 0. The Balaban J connectivity index is 1.69. The Morgan fingerprint density at radius 3 is 2.37 bits per heavy atom. The molecule has 1 amide bonds. The van der Waals surface area contributed by atoms with E-state index in [2.05, 4.69) is 12.2 Å². The fourth-order valence-electron chi connectivity index (χ4n) is 3.48. The van der Waals surface area contributed by atoms with Gasteiger partial charge >= 0.3 is 0 Å². The summed E-state index contributed by atoms with van der Waals surface area (Å²) in [6, 6.07) is 0. The fraction of sp³-hybridized carbons (Fsp3) is 0.938. The molecule has 0 unspecified atom stereocenters. The average molecular weight is 266 g/mol. The third kappa shape index (κ3) is 4.48. The zero-order valence-corrected chi connectivity index (χ0v) is 12.7. The molecule has 0 aromatic carbocycles. The third-order valence-electron chi connectivity index (χ3n) is 5.07. The zero-order valence-electron chi connectivity index (χ0n) is 12.7. The Kier molecular flexibility index (Phi) is 5.68. The lowest BCUT2D eigenvalue weighted by Gasteiger charge is -2.30. The molecule has 0 spiro atoms. The number of hydrogen-bond acceptors (Lipinski definition) is 2. The molecule has 110 valence electrons. The van der Waals surface area contributed by atoms with E-state index in [0.29, 0.717) is 11.8 Å². The zero-order chi connectivity index (χ0) is 13.7. The SMILES string of the molecule is CC1CCC(C(=O)N(C)CCC2CCNCC2)CC1. The van der Waals surface area contributed by atoms with Gasteiger partial charge < -0.3 is 10.2 Å². The van der Waals surface area contributed by atoms with Gasteiger partial charge in [0.05, 0.1) is 0 Å². The highest BCUT2D eigenvalue weighted by molar-refractivity contribution is 5.78. The molecule has 1 N–H and O–H groups in total. The van der Waals surface area contributed by atoms with Crippen molar-refractivity contribution < 1.29 is 4.79 Å². The number of carbonyl (C=O) groups is 1. The second-order valence-corrected chi connectivity index (χ2v) is 6.70. The van der Waals surface area contributed by atoms with Gasteiger partial charge in [0.15, 0.2) is 0 Å². The van der Waals surface area contributed by atoms with E-state index in [1.165, 1.54) is 32.1 Å². The molecule has 1 saturated carbocycles. The summed E-state index contributed by atoms with van der Waals surface area (Å²) < 4.78 is 0. The Morgan fingerprint density at radius 2 is 1.74 bits per heavy atom. The molecule has 1 heterocycles. The largest absolute Gasteiger partial charge is 0.346 e. The van der Waals surface area contributed by atoms with Gasteiger partial charge in [0, 0.05) is 19.5 Å². The summed E-state index contributed by atoms with van der Waals surface area (Å²) in [4.78, 5) is 14.4. The lowest BCUT2D eigenvalue weighted by molar-refractivity contribution is -0.135. The van der Waals surface area contributed by atoms with Crippen LogP contribution in [0.15, 0.2) is 0 Å². The van der Waals surface area contributed by atoms with Crippen molar-refractivity contribution in [2.75, 3.05) is 26.7 Å². The molecule has 19 heavy (non-hydrogen) atoms. The monoisotopic (exact) mass is 266 g/mol. The van der Waals surface area contributed by atoms with Crippen LogP contribution in [0.2, 0.25) is 0 Å². The number of amides is 1. The number of carbonyl (C=O) groups excluding carboxylic acids is 1. The molecule has 1 aliphatic heterocycles. The lowest BCUT2D eigenvalue weighted by Crippen LogP contribution is -2.37. The first-order valence-electron chi connectivity index (χ1n) is 8.12. The van der Waals surface area contributed by atoms with E-state index in [-0.39, 0.29) is 0 Å². The van der Waals surface area contributed by atoms with Crippen LogP contribution in [-0.2, 0) is 4.79 Å². The van der Waals surface area contributed by atoms with E-state index >= 15 is 0 Å². The molecule has 0 aromatic heterocycles. The van der Waals surface area contributed by atoms with Crippen molar-refractivity contribution in [3.8, 4) is 0 Å². The van der Waals surface area contributed by atoms with E-state index in [9.17, 15) is 4.79 Å². The van der Waals surface area contributed by atoms with Crippen LogP contribution in [0.5, 0.6) is 0 Å². The molecule has 2 aliphatic rings. The summed E-state index contributed by atoms with van der Waals surface area (Å²) in [6.07, 6.45) is 8.44. The van der Waals surface area contributed by atoms with Crippen molar-refractivity contribution in [3.63, 3.8) is 0 Å². The normalized spacial score (nSPS) is 29.2. The van der Waals surface area contributed by atoms with Gasteiger partial charge in [0.1, 0.15) is 0 Å². The highest BCUT2D eigenvalue weighted by Crippen LogP contribution is 2.29. The number of rotatable bonds is 4. The molecule has 0 bridgehead atoms. The summed E-state index contributed by atoms with van der Waals surface area (Å²) in [7, 11) is 2.00. The van der Waals surface area contributed by atoms with Crippen molar-refractivity contribution in [2.24, 2.45) is 17.8 Å². The van der Waals surface area contributed by atoms with Crippen molar-refractivity contribution in [1.29, 1.82) is 0 Å². The second kappa shape index (κ2) is 7.28. The Bertz CT molecular complexity index is 278. The number of nitrogens with one attached hydrogen (secondary N) is 1. The van der Waals surface area contributed by atoms with E-state index in [0.717, 1.165) is 44.3 Å². The van der Waals surface area contributed by atoms with Gasteiger partial charge in [0.25, 0.3) is 0 Å². The van der Waals surface area contributed by atoms with E-state index in [4.69, 9.17) is 0 Å². The Labute approximate surface area is 118 Å². The molecule has 0 aromatic rings. The summed E-state index contributed by atoms with van der Waals surface area (Å²) >= 11 is 0. The highest BCUT2D eigenvalue weighted by Gasteiger charge is 2.26. The van der Waals surface area contributed by atoms with Gasteiger partial charge in [-0.1, -0.05) is 6.92 Å². The van der Waals surface area contributed by atoms with E-state index < -0.39 is 0 Å². The van der Waals surface area contributed by atoms with Gasteiger partial charge in [-0.05, 0) is 69.9 Å². The summed E-state index contributed by atoms with van der Waals surface area (Å²) in [5, 5.41) is 3.40. The minimum absolute atomic E-state index is 0.314. The standard InChI is InChI=1S/C16H30N2O/c1-13-3-5-15(6-4-13)16(19)18(2)12-9-14-7-10-17-11-8-14/h13-15,17H,3-12H2,1-2H3. The number of piperidine rings is 1. The maximum atomic E-state index is 12.4. The average Bonchev–Trinajstić information content (AvgIpc) is 2.46. The summed E-state index contributed by atoms with van der Waals surface area (Å²) in [6.45, 7) is 5.57. The van der Waals surface area contributed by atoms with Gasteiger partial charge in [-0.15, -0.1) is 0 Å². The maximum absolute atomic E-state index is 12.4. The van der Waals surface area contributed by atoms with Crippen LogP contribution in [0.25, 0.3) is 0 Å². The molecular formula is C16H30N2O. The molecular weight excluding hydrogens is 236 g/mol. The van der Waals surface area contributed by atoms with Crippen LogP contribution in [0.1, 0.15) is 51.9 Å². The topological polar surface area (TPSA) is 32.3 Å². The lowest BCUT2D eigenvalue weighted by atomic mass is 9.82. The second-order valence-electron chi connectivity index (χ2n) is 6.70. The van der Waals surface area contributed by atoms with Crippen LogP contribution < -0.4 is 5.32 Å². The molecule has 2 fully saturated rings. The molecule has 1 aliphatic carbocycles. The predicted octanol–water partition coefficient (Wildman–Crippen LogP) is 2.66. The highest BCUT2D eigenvalue weighted by atomic mass is 16.2. The minimum Gasteiger partial charge on any atom is -0.346 e. The minimum atomic E-state index is 0.314. The van der Waals surface area contributed by atoms with Crippen molar-refractivity contribution in [1.82, 2.24) is 10.2 Å². The first-order valence-corrected chi connectivity index (χ1v) is 8.12. The third-order valence-corrected chi connectivity index (χ3v) is 5.07. The van der Waals surface area contributed by atoms with Crippen LogP contribution in [0.4, 0.5) is 0 Å². The van der Waals surface area contributed by atoms with Crippen LogP contribution in [0.3, 0.4) is 0 Å². The molecule has 0 radical (unpaired) electrons. The van der Waals surface area contributed by atoms with E-state index in [1.54, 1.807) is 0 Å².